The summed E-state index contributed by atoms with van der Waals surface area (Å²) in [4.78, 5) is 14.1. The van der Waals surface area contributed by atoms with Gasteiger partial charge in [0.2, 0.25) is 0 Å². The van der Waals surface area contributed by atoms with Crippen LogP contribution in [0.2, 0.25) is 0 Å². The van der Waals surface area contributed by atoms with E-state index in [0.717, 1.165) is 37.2 Å². The van der Waals surface area contributed by atoms with E-state index < -0.39 is 0 Å². The first kappa shape index (κ1) is 15.8. The van der Waals surface area contributed by atoms with Gasteiger partial charge in [-0.05, 0) is 37.6 Å². The van der Waals surface area contributed by atoms with Crippen molar-refractivity contribution in [2.75, 3.05) is 32.1 Å². The molecule has 1 aliphatic heterocycles. The van der Waals surface area contributed by atoms with E-state index in [1.54, 1.807) is 0 Å². The van der Waals surface area contributed by atoms with Crippen LogP contribution >= 0.6 is 12.4 Å². The predicted molar refractivity (Wildman–Crippen MR) is 81.4 cm³/mol. The van der Waals surface area contributed by atoms with E-state index in [1.165, 1.54) is 0 Å². The summed E-state index contributed by atoms with van der Waals surface area (Å²) in [6.45, 7) is 1.93. The Morgan fingerprint density at radius 1 is 1.42 bits per heavy atom. The summed E-state index contributed by atoms with van der Waals surface area (Å²) in [5, 5.41) is 6.38. The minimum absolute atomic E-state index is 0. The van der Waals surface area contributed by atoms with E-state index in [0.29, 0.717) is 0 Å². The molecule has 1 heterocycles. The molecule has 0 radical (unpaired) electrons. The first-order chi connectivity index (χ1) is 8.66. The molecule has 1 atom stereocenters. The van der Waals surface area contributed by atoms with E-state index in [1.807, 2.05) is 43.3 Å². The molecular formula is C14H22ClN3O. The van der Waals surface area contributed by atoms with Crippen LogP contribution in [0.15, 0.2) is 24.3 Å². The molecule has 0 spiro atoms. The van der Waals surface area contributed by atoms with Crippen LogP contribution in [0.5, 0.6) is 0 Å². The number of carbonyl (C=O) groups is 1. The van der Waals surface area contributed by atoms with Crippen molar-refractivity contribution in [3.63, 3.8) is 0 Å². The Bertz CT molecular complexity index is 417. The van der Waals surface area contributed by atoms with Gasteiger partial charge in [0, 0.05) is 37.9 Å². The summed E-state index contributed by atoms with van der Waals surface area (Å²) in [6, 6.07) is 7.96. The fourth-order valence-electron chi connectivity index (χ4n) is 2.17. The minimum Gasteiger partial charge on any atom is -0.378 e. The van der Waals surface area contributed by atoms with Crippen LogP contribution in [0.25, 0.3) is 0 Å². The summed E-state index contributed by atoms with van der Waals surface area (Å²) in [7, 11) is 3.95. The normalized spacial score (nSPS) is 18.3. The first-order valence-corrected chi connectivity index (χ1v) is 6.46. The second-order valence-electron chi connectivity index (χ2n) is 4.96. The molecule has 0 saturated carbocycles. The number of benzene rings is 1. The summed E-state index contributed by atoms with van der Waals surface area (Å²) in [5.41, 5.74) is 1.77. The molecule has 2 N–H and O–H groups in total. The van der Waals surface area contributed by atoms with Crippen LogP contribution in [0.3, 0.4) is 0 Å². The molecule has 2 rings (SSSR count). The van der Waals surface area contributed by atoms with Crippen molar-refractivity contribution >= 4 is 24.0 Å². The van der Waals surface area contributed by atoms with Gasteiger partial charge in [-0.2, -0.15) is 0 Å². The molecule has 1 aromatic rings. The third-order valence-electron chi connectivity index (χ3n) is 3.26. The van der Waals surface area contributed by atoms with Crippen molar-refractivity contribution in [1.29, 1.82) is 0 Å². The molecule has 0 bridgehead atoms. The van der Waals surface area contributed by atoms with Crippen LogP contribution in [-0.2, 0) is 0 Å². The SMILES string of the molecule is CN(C)c1cccc(C(=O)N[C@@H]2CCCNC2)c1.Cl. The maximum absolute atomic E-state index is 12.1. The second kappa shape index (κ2) is 7.36. The Balaban J connectivity index is 0.00000180. The fraction of sp³-hybridized carbons (Fsp3) is 0.500. The molecule has 19 heavy (non-hydrogen) atoms. The number of nitrogens with one attached hydrogen (secondary N) is 2. The number of nitrogens with zero attached hydrogens (tertiary/aromatic N) is 1. The van der Waals surface area contributed by atoms with Crippen LogP contribution < -0.4 is 15.5 Å². The molecule has 5 heteroatoms. The van der Waals surface area contributed by atoms with E-state index in [4.69, 9.17) is 0 Å². The highest BCUT2D eigenvalue weighted by Gasteiger charge is 2.16. The monoisotopic (exact) mass is 283 g/mol. The van der Waals surface area contributed by atoms with Gasteiger partial charge in [-0.15, -0.1) is 12.4 Å². The van der Waals surface area contributed by atoms with Gasteiger partial charge in [-0.25, -0.2) is 0 Å². The Labute approximate surface area is 121 Å². The van der Waals surface area contributed by atoms with Gasteiger partial charge in [0.15, 0.2) is 0 Å². The summed E-state index contributed by atoms with van der Waals surface area (Å²) < 4.78 is 0. The number of carbonyl (C=O) groups excluding carboxylic acids is 1. The highest BCUT2D eigenvalue weighted by molar-refractivity contribution is 5.95. The van der Waals surface area contributed by atoms with Gasteiger partial charge in [0.05, 0.1) is 0 Å². The number of hydrogen-bond acceptors (Lipinski definition) is 3. The standard InChI is InChI=1S/C14H21N3O.ClH/c1-17(2)13-7-3-5-11(9-13)14(18)16-12-6-4-8-15-10-12;/h3,5,7,9,12,15H,4,6,8,10H2,1-2H3,(H,16,18);1H/t12-;/m1./s1. The van der Waals surface area contributed by atoms with Crippen molar-refractivity contribution < 1.29 is 4.79 Å². The van der Waals surface area contributed by atoms with E-state index in [9.17, 15) is 4.79 Å². The summed E-state index contributed by atoms with van der Waals surface area (Å²) in [5.74, 6) is 0.0207. The second-order valence-corrected chi connectivity index (χ2v) is 4.96. The van der Waals surface area contributed by atoms with Crippen molar-refractivity contribution in [2.45, 2.75) is 18.9 Å². The van der Waals surface area contributed by atoms with Gasteiger partial charge in [-0.1, -0.05) is 6.07 Å². The van der Waals surface area contributed by atoms with Gasteiger partial charge in [0.25, 0.3) is 5.91 Å². The van der Waals surface area contributed by atoms with Crippen molar-refractivity contribution in [3.8, 4) is 0 Å². The molecule has 4 nitrogen and oxygen atoms in total. The lowest BCUT2D eigenvalue weighted by Gasteiger charge is -2.24. The van der Waals surface area contributed by atoms with Crippen LogP contribution in [0, 0.1) is 0 Å². The zero-order valence-corrected chi connectivity index (χ0v) is 12.3. The molecule has 1 fully saturated rings. The lowest BCUT2D eigenvalue weighted by molar-refractivity contribution is 0.0930. The Morgan fingerprint density at radius 3 is 2.84 bits per heavy atom. The molecule has 1 aromatic carbocycles. The number of rotatable bonds is 3. The Hall–Kier alpha value is -1.26. The smallest absolute Gasteiger partial charge is 0.251 e. The van der Waals surface area contributed by atoms with Gasteiger partial charge >= 0.3 is 0 Å². The molecule has 1 aliphatic rings. The average Bonchev–Trinajstić information content (AvgIpc) is 2.40. The average molecular weight is 284 g/mol. The van der Waals surface area contributed by atoms with Gasteiger partial charge in [-0.3, -0.25) is 4.79 Å². The minimum atomic E-state index is 0. The largest absolute Gasteiger partial charge is 0.378 e. The highest BCUT2D eigenvalue weighted by Crippen LogP contribution is 2.13. The number of anilines is 1. The molecule has 106 valence electrons. The molecule has 0 aliphatic carbocycles. The molecule has 1 saturated heterocycles. The Kier molecular flexibility index (Phi) is 6.12. The van der Waals surface area contributed by atoms with Crippen molar-refractivity contribution in [2.24, 2.45) is 0 Å². The molecule has 0 aromatic heterocycles. The first-order valence-electron chi connectivity index (χ1n) is 6.46. The van der Waals surface area contributed by atoms with E-state index in [2.05, 4.69) is 10.6 Å². The van der Waals surface area contributed by atoms with Crippen LogP contribution in [-0.4, -0.2) is 39.1 Å². The van der Waals surface area contributed by atoms with Gasteiger partial charge in [0.1, 0.15) is 0 Å². The third-order valence-corrected chi connectivity index (χ3v) is 3.26. The molecular weight excluding hydrogens is 262 g/mol. The van der Waals surface area contributed by atoms with Crippen molar-refractivity contribution in [1.82, 2.24) is 10.6 Å². The van der Waals surface area contributed by atoms with Crippen molar-refractivity contribution in [3.05, 3.63) is 29.8 Å². The fourth-order valence-corrected chi connectivity index (χ4v) is 2.17. The number of hydrogen-bond donors (Lipinski definition) is 2. The number of halogens is 1. The summed E-state index contributed by atoms with van der Waals surface area (Å²) >= 11 is 0. The highest BCUT2D eigenvalue weighted by atomic mass is 35.5. The zero-order chi connectivity index (χ0) is 13.0. The zero-order valence-electron chi connectivity index (χ0n) is 11.5. The maximum Gasteiger partial charge on any atom is 0.251 e. The van der Waals surface area contributed by atoms with Crippen LogP contribution in [0.4, 0.5) is 5.69 Å². The molecule has 0 unspecified atom stereocenters. The summed E-state index contributed by atoms with van der Waals surface area (Å²) in [6.07, 6.45) is 2.19. The maximum atomic E-state index is 12.1. The topological polar surface area (TPSA) is 44.4 Å². The van der Waals surface area contributed by atoms with Crippen LogP contribution in [0.1, 0.15) is 23.2 Å². The Morgan fingerprint density at radius 2 is 2.21 bits per heavy atom. The lowest BCUT2D eigenvalue weighted by Crippen LogP contribution is -2.45. The predicted octanol–water partition coefficient (Wildman–Crippen LogP) is 1.66. The number of amides is 1. The van der Waals surface area contributed by atoms with E-state index in [-0.39, 0.29) is 24.4 Å². The number of piperidine rings is 1. The third kappa shape index (κ3) is 4.40. The quantitative estimate of drug-likeness (QED) is 0.887. The van der Waals surface area contributed by atoms with Gasteiger partial charge < -0.3 is 15.5 Å². The van der Waals surface area contributed by atoms with E-state index >= 15 is 0 Å². The molecule has 1 amide bonds. The lowest BCUT2D eigenvalue weighted by atomic mass is 10.1.